The lowest BCUT2D eigenvalue weighted by Gasteiger charge is -2.09. The van der Waals surface area contributed by atoms with Gasteiger partial charge in [-0.05, 0) is 36.2 Å². The number of hydrogen-bond acceptors (Lipinski definition) is 2. The average molecular weight is 270 g/mol. The summed E-state index contributed by atoms with van der Waals surface area (Å²) in [6, 6.07) is 16.2. The molecule has 0 amide bonds. The van der Waals surface area contributed by atoms with Crippen LogP contribution in [-0.2, 0) is 0 Å². The highest BCUT2D eigenvalue weighted by atomic mass is 35.5. The van der Waals surface area contributed by atoms with Crippen LogP contribution in [0, 0.1) is 18.3 Å². The van der Waals surface area contributed by atoms with Crippen LogP contribution in [0.15, 0.2) is 48.5 Å². The van der Waals surface area contributed by atoms with Crippen molar-refractivity contribution in [2.45, 2.75) is 12.8 Å². The van der Waals surface area contributed by atoms with Gasteiger partial charge in [-0.25, -0.2) is 0 Å². The number of Topliss-reactive ketones (excluding diaryl/α,β-unsaturated/α-hetero) is 1. The van der Waals surface area contributed by atoms with Crippen molar-refractivity contribution in [3.8, 4) is 6.07 Å². The Labute approximate surface area is 117 Å². The second kappa shape index (κ2) is 5.69. The van der Waals surface area contributed by atoms with Gasteiger partial charge < -0.3 is 0 Å². The molecule has 1 atom stereocenters. The van der Waals surface area contributed by atoms with Gasteiger partial charge in [0, 0.05) is 10.6 Å². The van der Waals surface area contributed by atoms with E-state index in [1.807, 2.05) is 25.1 Å². The summed E-state index contributed by atoms with van der Waals surface area (Å²) < 4.78 is 0. The van der Waals surface area contributed by atoms with Crippen molar-refractivity contribution in [2.75, 3.05) is 0 Å². The second-order valence-electron chi connectivity index (χ2n) is 4.35. The molecule has 0 aliphatic carbocycles. The summed E-state index contributed by atoms with van der Waals surface area (Å²) in [4.78, 5) is 12.4. The van der Waals surface area contributed by atoms with Gasteiger partial charge in [0.2, 0.25) is 0 Å². The van der Waals surface area contributed by atoms with Gasteiger partial charge in [0.25, 0.3) is 0 Å². The summed E-state index contributed by atoms with van der Waals surface area (Å²) in [7, 11) is 0. The zero-order chi connectivity index (χ0) is 13.8. The monoisotopic (exact) mass is 269 g/mol. The Morgan fingerprint density at radius 2 is 1.89 bits per heavy atom. The predicted molar refractivity (Wildman–Crippen MR) is 75.3 cm³/mol. The predicted octanol–water partition coefficient (Wildman–Crippen LogP) is 4.14. The number of halogens is 1. The fourth-order valence-corrected chi connectivity index (χ4v) is 2.26. The molecule has 0 bridgehead atoms. The van der Waals surface area contributed by atoms with Crippen LogP contribution in [0.5, 0.6) is 0 Å². The number of nitriles is 1. The molecule has 0 saturated heterocycles. The first kappa shape index (κ1) is 13.3. The molecule has 0 aliphatic heterocycles. The van der Waals surface area contributed by atoms with Crippen LogP contribution in [0.3, 0.4) is 0 Å². The number of aryl methyl sites for hydroxylation is 1. The minimum absolute atomic E-state index is 0.223. The highest BCUT2D eigenvalue weighted by Gasteiger charge is 2.21. The standard InChI is InChI=1S/C16H12ClNO/c1-11-7-13(9-14(17)8-11)16(19)15(10-18)12-5-3-2-4-6-12/h2-9,15H,1H3. The van der Waals surface area contributed by atoms with E-state index in [-0.39, 0.29) is 5.78 Å². The third-order valence-corrected chi connectivity index (χ3v) is 3.07. The second-order valence-corrected chi connectivity index (χ2v) is 4.79. The highest BCUT2D eigenvalue weighted by molar-refractivity contribution is 6.31. The van der Waals surface area contributed by atoms with Gasteiger partial charge in [0.05, 0.1) is 6.07 Å². The summed E-state index contributed by atoms with van der Waals surface area (Å²) in [6.45, 7) is 1.87. The fraction of sp³-hybridized carbons (Fsp3) is 0.125. The maximum atomic E-state index is 12.4. The van der Waals surface area contributed by atoms with Crippen LogP contribution in [0.4, 0.5) is 0 Å². The number of rotatable bonds is 3. The molecule has 2 rings (SSSR count). The number of hydrogen-bond donors (Lipinski definition) is 0. The normalized spacial score (nSPS) is 11.6. The van der Waals surface area contributed by atoms with E-state index >= 15 is 0 Å². The first-order valence-electron chi connectivity index (χ1n) is 5.88. The molecule has 94 valence electrons. The van der Waals surface area contributed by atoms with Crippen molar-refractivity contribution >= 4 is 17.4 Å². The van der Waals surface area contributed by atoms with Gasteiger partial charge in [-0.3, -0.25) is 4.79 Å². The van der Waals surface area contributed by atoms with E-state index in [1.54, 1.807) is 30.3 Å². The van der Waals surface area contributed by atoms with Crippen LogP contribution in [0.2, 0.25) is 5.02 Å². The molecule has 2 nitrogen and oxygen atoms in total. The zero-order valence-corrected chi connectivity index (χ0v) is 11.2. The van der Waals surface area contributed by atoms with E-state index < -0.39 is 5.92 Å². The molecule has 3 heteroatoms. The molecular weight excluding hydrogens is 258 g/mol. The quantitative estimate of drug-likeness (QED) is 0.786. The van der Waals surface area contributed by atoms with Crippen molar-refractivity contribution in [3.63, 3.8) is 0 Å². The fourth-order valence-electron chi connectivity index (χ4n) is 1.98. The average Bonchev–Trinajstić information content (AvgIpc) is 2.39. The summed E-state index contributed by atoms with van der Waals surface area (Å²) in [5, 5.41) is 9.75. The minimum Gasteiger partial charge on any atom is -0.292 e. The maximum Gasteiger partial charge on any atom is 0.184 e. The number of ketones is 1. The van der Waals surface area contributed by atoms with Gasteiger partial charge in [-0.2, -0.15) is 5.26 Å². The lowest BCUT2D eigenvalue weighted by molar-refractivity contribution is 0.0979. The van der Waals surface area contributed by atoms with Crippen LogP contribution in [-0.4, -0.2) is 5.78 Å². The molecular formula is C16H12ClNO. The van der Waals surface area contributed by atoms with Gasteiger partial charge in [-0.1, -0.05) is 41.9 Å². The lowest BCUT2D eigenvalue weighted by atomic mass is 9.91. The molecule has 0 saturated carbocycles. The Kier molecular flexibility index (Phi) is 3.99. The summed E-state index contributed by atoms with van der Waals surface area (Å²) in [5.74, 6) is -1.02. The van der Waals surface area contributed by atoms with E-state index in [0.717, 1.165) is 5.56 Å². The summed E-state index contributed by atoms with van der Waals surface area (Å²) in [6.07, 6.45) is 0. The van der Waals surface area contributed by atoms with Crippen LogP contribution in [0.1, 0.15) is 27.4 Å². The molecule has 0 N–H and O–H groups in total. The molecule has 0 fully saturated rings. The Morgan fingerprint density at radius 3 is 2.47 bits per heavy atom. The van der Waals surface area contributed by atoms with Crippen molar-refractivity contribution in [1.29, 1.82) is 5.26 Å². The van der Waals surface area contributed by atoms with Gasteiger partial charge in [-0.15, -0.1) is 0 Å². The largest absolute Gasteiger partial charge is 0.292 e. The van der Waals surface area contributed by atoms with E-state index in [1.165, 1.54) is 0 Å². The molecule has 2 aromatic rings. The topological polar surface area (TPSA) is 40.9 Å². The Morgan fingerprint density at radius 1 is 1.21 bits per heavy atom. The lowest BCUT2D eigenvalue weighted by Crippen LogP contribution is -2.11. The molecule has 2 aromatic carbocycles. The Bertz CT molecular complexity index is 623. The first-order valence-corrected chi connectivity index (χ1v) is 6.25. The summed E-state index contributed by atoms with van der Waals surface area (Å²) in [5.41, 5.74) is 2.08. The molecule has 0 aliphatic rings. The van der Waals surface area contributed by atoms with E-state index in [0.29, 0.717) is 16.1 Å². The van der Waals surface area contributed by atoms with E-state index in [4.69, 9.17) is 11.6 Å². The van der Waals surface area contributed by atoms with Crippen LogP contribution < -0.4 is 0 Å². The van der Waals surface area contributed by atoms with Crippen molar-refractivity contribution in [1.82, 2.24) is 0 Å². The molecule has 0 spiro atoms. The van der Waals surface area contributed by atoms with Gasteiger partial charge in [0.1, 0.15) is 5.92 Å². The number of carbonyl (C=O) groups is 1. The van der Waals surface area contributed by atoms with Gasteiger partial charge >= 0.3 is 0 Å². The maximum absolute atomic E-state index is 12.4. The molecule has 0 heterocycles. The van der Waals surface area contributed by atoms with E-state index in [9.17, 15) is 10.1 Å². The van der Waals surface area contributed by atoms with Crippen LogP contribution >= 0.6 is 11.6 Å². The third kappa shape index (κ3) is 3.01. The number of benzene rings is 2. The molecule has 0 radical (unpaired) electrons. The number of nitrogens with zero attached hydrogens (tertiary/aromatic N) is 1. The SMILES string of the molecule is Cc1cc(Cl)cc(C(=O)C(C#N)c2ccccc2)c1. The van der Waals surface area contributed by atoms with Crippen molar-refractivity contribution in [3.05, 3.63) is 70.2 Å². The Hall–Kier alpha value is -2.11. The summed E-state index contributed by atoms with van der Waals surface area (Å²) >= 11 is 5.95. The molecule has 1 unspecified atom stereocenters. The zero-order valence-electron chi connectivity index (χ0n) is 10.4. The molecule has 19 heavy (non-hydrogen) atoms. The first-order chi connectivity index (χ1) is 9.11. The van der Waals surface area contributed by atoms with Crippen LogP contribution in [0.25, 0.3) is 0 Å². The highest BCUT2D eigenvalue weighted by Crippen LogP contribution is 2.23. The van der Waals surface area contributed by atoms with Crippen molar-refractivity contribution < 1.29 is 4.79 Å². The van der Waals surface area contributed by atoms with Crippen molar-refractivity contribution in [2.24, 2.45) is 0 Å². The Balaban J connectivity index is 2.40. The van der Waals surface area contributed by atoms with E-state index in [2.05, 4.69) is 6.07 Å². The minimum atomic E-state index is -0.793. The third-order valence-electron chi connectivity index (χ3n) is 2.85. The molecule has 0 aromatic heterocycles. The smallest absolute Gasteiger partial charge is 0.184 e. The van der Waals surface area contributed by atoms with Gasteiger partial charge in [0.15, 0.2) is 5.78 Å². The number of carbonyl (C=O) groups excluding carboxylic acids is 1.